The third-order valence-electron chi connectivity index (χ3n) is 7.74. The van der Waals surface area contributed by atoms with Crippen molar-refractivity contribution >= 4 is 16.8 Å². The summed E-state index contributed by atoms with van der Waals surface area (Å²) < 4.78 is 37.1. The number of hydrogen-bond donors (Lipinski definition) is 2. The van der Waals surface area contributed by atoms with Crippen molar-refractivity contribution < 1.29 is 23.4 Å². The summed E-state index contributed by atoms with van der Waals surface area (Å²) in [6.45, 7) is 8.71. The number of fused-ring (bicyclic) bond motifs is 3. The Bertz CT molecular complexity index is 1260. The lowest BCUT2D eigenvalue weighted by molar-refractivity contribution is -0.137. The van der Waals surface area contributed by atoms with Gasteiger partial charge in [0.05, 0.1) is 18.1 Å². The number of carbonyl (C=O) groups excluding carboxylic acids is 1. The fourth-order valence-corrected chi connectivity index (χ4v) is 5.81. The van der Waals surface area contributed by atoms with E-state index < -0.39 is 23.8 Å². The van der Waals surface area contributed by atoms with E-state index in [1.807, 2.05) is 31.2 Å². The number of aromatic nitrogens is 1. The van der Waals surface area contributed by atoms with Crippen LogP contribution in [0.2, 0.25) is 0 Å². The molecule has 0 spiro atoms. The average Bonchev–Trinajstić information content (AvgIpc) is 3.17. The number of benzene rings is 2. The Kier molecular flexibility index (Phi) is 7.23. The number of H-pyrrole nitrogens is 1. The molecular formula is C29H35F2N3O3. The van der Waals surface area contributed by atoms with E-state index >= 15 is 8.78 Å². The first kappa shape index (κ1) is 25.7. The van der Waals surface area contributed by atoms with Crippen molar-refractivity contribution in [2.45, 2.75) is 58.2 Å². The molecule has 8 heteroatoms. The third-order valence-corrected chi connectivity index (χ3v) is 7.74. The van der Waals surface area contributed by atoms with Crippen LogP contribution >= 0.6 is 0 Å². The van der Waals surface area contributed by atoms with Crippen LogP contribution < -0.4 is 4.74 Å². The zero-order chi connectivity index (χ0) is 26.3. The van der Waals surface area contributed by atoms with Crippen molar-refractivity contribution in [1.82, 2.24) is 14.8 Å². The van der Waals surface area contributed by atoms with E-state index in [-0.39, 0.29) is 29.7 Å². The SMILES string of the molecule is CCC1CN(CCOc2cc(F)c([C@@H]3c4[nH]c5ccccc5c4C[C@@H](C)N3C(=O)CC(C)O)c(F)c2)C1. The summed E-state index contributed by atoms with van der Waals surface area (Å²) in [6.07, 6.45) is 0.704. The second kappa shape index (κ2) is 10.4. The van der Waals surface area contributed by atoms with Gasteiger partial charge in [-0.1, -0.05) is 31.5 Å². The van der Waals surface area contributed by atoms with Crippen molar-refractivity contribution in [3.63, 3.8) is 0 Å². The monoisotopic (exact) mass is 511 g/mol. The number of aromatic amines is 1. The lowest BCUT2D eigenvalue weighted by Crippen LogP contribution is -2.47. The molecule has 1 aromatic heterocycles. The Morgan fingerprint density at radius 3 is 2.59 bits per heavy atom. The van der Waals surface area contributed by atoms with E-state index in [4.69, 9.17) is 4.74 Å². The summed E-state index contributed by atoms with van der Waals surface area (Å²) in [4.78, 5) is 20.4. The second-order valence-corrected chi connectivity index (χ2v) is 10.6. The van der Waals surface area contributed by atoms with Crippen molar-refractivity contribution in [3.8, 4) is 5.75 Å². The molecule has 2 aromatic carbocycles. The molecule has 2 N–H and O–H groups in total. The minimum Gasteiger partial charge on any atom is -0.492 e. The lowest BCUT2D eigenvalue weighted by Gasteiger charge is -2.41. The molecule has 0 aliphatic carbocycles. The van der Waals surface area contributed by atoms with Crippen molar-refractivity contribution in [2.24, 2.45) is 5.92 Å². The number of nitrogens with zero attached hydrogens (tertiary/aromatic N) is 2. The van der Waals surface area contributed by atoms with Gasteiger partial charge in [0.15, 0.2) is 0 Å². The Hall–Kier alpha value is -2.97. The number of rotatable bonds is 8. The van der Waals surface area contributed by atoms with Gasteiger partial charge in [-0.15, -0.1) is 0 Å². The maximum Gasteiger partial charge on any atom is 0.226 e. The number of halogens is 2. The van der Waals surface area contributed by atoms with E-state index in [1.165, 1.54) is 24.0 Å². The smallest absolute Gasteiger partial charge is 0.226 e. The molecule has 2 aliphatic rings. The van der Waals surface area contributed by atoms with Crippen molar-refractivity contribution in [1.29, 1.82) is 0 Å². The molecule has 6 nitrogen and oxygen atoms in total. The highest BCUT2D eigenvalue weighted by Crippen LogP contribution is 2.43. The number of aliphatic hydroxyl groups is 1. The first-order valence-corrected chi connectivity index (χ1v) is 13.2. The van der Waals surface area contributed by atoms with Gasteiger partial charge in [-0.25, -0.2) is 8.78 Å². The lowest BCUT2D eigenvalue weighted by atomic mass is 9.87. The third kappa shape index (κ3) is 4.97. The van der Waals surface area contributed by atoms with E-state index in [1.54, 1.807) is 0 Å². The van der Waals surface area contributed by atoms with Crippen molar-refractivity contribution in [2.75, 3.05) is 26.2 Å². The van der Waals surface area contributed by atoms with Crippen LogP contribution in [0.1, 0.15) is 56.5 Å². The molecule has 0 saturated carbocycles. The van der Waals surface area contributed by atoms with Crippen LogP contribution in [0.4, 0.5) is 8.78 Å². The van der Waals surface area contributed by atoms with Gasteiger partial charge in [0.1, 0.15) is 30.0 Å². The summed E-state index contributed by atoms with van der Waals surface area (Å²) in [5.41, 5.74) is 2.21. The van der Waals surface area contributed by atoms with Crippen LogP contribution in [0.25, 0.3) is 10.9 Å². The summed E-state index contributed by atoms with van der Waals surface area (Å²) in [6, 6.07) is 8.84. The van der Waals surface area contributed by atoms with Crippen LogP contribution in [0, 0.1) is 17.6 Å². The normalized spacial score (nSPS) is 21.1. The standard InChI is InChI=1S/C29H35F2N3O3/c1-4-19-15-33(16-19)9-10-37-20-13-23(30)27(24(31)14-20)29-28-22(21-7-5-6-8-25(21)32-28)11-17(2)34(29)26(36)12-18(3)35/h5-8,13-14,17-19,29,32,35H,4,9-12,15-16H2,1-3H3/t17-,18?,29-/m1/s1. The highest BCUT2D eigenvalue weighted by molar-refractivity contribution is 5.87. The molecule has 1 amide bonds. The first-order valence-electron chi connectivity index (χ1n) is 13.2. The van der Waals surface area contributed by atoms with Crippen LogP contribution in [0.5, 0.6) is 5.75 Å². The highest BCUT2D eigenvalue weighted by atomic mass is 19.1. The Labute approximate surface area is 216 Å². The van der Waals surface area contributed by atoms with Crippen LogP contribution in [-0.4, -0.2) is 64.2 Å². The Morgan fingerprint density at radius 1 is 1.22 bits per heavy atom. The topological polar surface area (TPSA) is 68.8 Å². The summed E-state index contributed by atoms with van der Waals surface area (Å²) >= 11 is 0. The number of likely N-dealkylation sites (tertiary alicyclic amines) is 1. The molecule has 3 heterocycles. The molecule has 5 rings (SSSR count). The van der Waals surface area contributed by atoms with Gasteiger partial charge in [0.2, 0.25) is 5.91 Å². The van der Waals surface area contributed by atoms with Gasteiger partial charge < -0.3 is 19.7 Å². The van der Waals surface area contributed by atoms with E-state index in [2.05, 4.69) is 16.8 Å². The molecule has 1 fully saturated rings. The number of para-hydroxylation sites is 1. The molecule has 3 aromatic rings. The van der Waals surface area contributed by atoms with Crippen LogP contribution in [0.15, 0.2) is 36.4 Å². The Morgan fingerprint density at radius 2 is 1.92 bits per heavy atom. The molecule has 1 saturated heterocycles. The summed E-state index contributed by atoms with van der Waals surface area (Å²) in [5.74, 6) is -1.02. The van der Waals surface area contributed by atoms with Gasteiger partial charge in [0, 0.05) is 54.4 Å². The van der Waals surface area contributed by atoms with Gasteiger partial charge in [-0.3, -0.25) is 9.69 Å². The maximum atomic E-state index is 15.7. The molecule has 2 aliphatic heterocycles. The molecule has 0 radical (unpaired) electrons. The molecule has 1 unspecified atom stereocenters. The van der Waals surface area contributed by atoms with Gasteiger partial charge in [-0.2, -0.15) is 0 Å². The second-order valence-electron chi connectivity index (χ2n) is 10.6. The fourth-order valence-electron chi connectivity index (χ4n) is 5.81. The Balaban J connectivity index is 1.48. The number of carbonyl (C=O) groups is 1. The number of aliphatic hydroxyl groups excluding tert-OH is 1. The zero-order valence-electron chi connectivity index (χ0n) is 21.6. The number of nitrogens with one attached hydrogen (secondary N) is 1. The molecule has 3 atom stereocenters. The van der Waals surface area contributed by atoms with Gasteiger partial charge in [-0.05, 0) is 37.8 Å². The van der Waals surface area contributed by atoms with Crippen LogP contribution in [-0.2, 0) is 11.2 Å². The average molecular weight is 512 g/mol. The summed E-state index contributed by atoms with van der Waals surface area (Å²) in [7, 11) is 0. The minimum absolute atomic E-state index is 0.129. The largest absolute Gasteiger partial charge is 0.492 e. The molecular weight excluding hydrogens is 476 g/mol. The number of amides is 1. The first-order chi connectivity index (χ1) is 17.8. The zero-order valence-corrected chi connectivity index (χ0v) is 21.6. The highest BCUT2D eigenvalue weighted by Gasteiger charge is 2.41. The van der Waals surface area contributed by atoms with Crippen molar-refractivity contribution in [3.05, 3.63) is 64.9 Å². The number of hydrogen-bond acceptors (Lipinski definition) is 4. The summed E-state index contributed by atoms with van der Waals surface area (Å²) in [5, 5.41) is 10.9. The quantitative estimate of drug-likeness (QED) is 0.456. The van der Waals surface area contributed by atoms with E-state index in [0.29, 0.717) is 25.3 Å². The minimum atomic E-state index is -0.987. The fraction of sp³-hybridized carbons (Fsp3) is 0.483. The molecule has 37 heavy (non-hydrogen) atoms. The van der Waals surface area contributed by atoms with E-state index in [0.717, 1.165) is 41.9 Å². The molecule has 198 valence electrons. The molecule has 0 bridgehead atoms. The van der Waals surface area contributed by atoms with E-state index in [9.17, 15) is 9.90 Å². The predicted molar refractivity (Wildman–Crippen MR) is 139 cm³/mol. The predicted octanol–water partition coefficient (Wildman–Crippen LogP) is 4.80. The maximum absolute atomic E-state index is 15.7. The van der Waals surface area contributed by atoms with Gasteiger partial charge >= 0.3 is 0 Å². The van der Waals surface area contributed by atoms with Crippen LogP contribution in [0.3, 0.4) is 0 Å². The van der Waals surface area contributed by atoms with Gasteiger partial charge in [0.25, 0.3) is 0 Å². The number of ether oxygens (including phenoxy) is 1.